The third-order valence-corrected chi connectivity index (χ3v) is 5.35. The van der Waals surface area contributed by atoms with Crippen LogP contribution >= 0.6 is 12.6 Å². The first-order valence-corrected chi connectivity index (χ1v) is 12.3. The van der Waals surface area contributed by atoms with E-state index < -0.39 is 23.8 Å². The molecular formula is C25H41N3O4S. The fourth-order valence-corrected chi connectivity index (χ4v) is 3.61. The number of rotatable bonds is 11. The van der Waals surface area contributed by atoms with Gasteiger partial charge in [0.15, 0.2) is 0 Å². The number of ether oxygens (including phenoxy) is 1. The lowest BCUT2D eigenvalue weighted by atomic mass is 10.00. The number of thiol groups is 1. The third-order valence-electron chi connectivity index (χ3n) is 4.98. The minimum atomic E-state index is -0.938. The molecule has 1 rings (SSSR count). The van der Waals surface area contributed by atoms with Gasteiger partial charge in [-0.15, -0.1) is 0 Å². The SMILES string of the molecule is CCCCCNC(=O)C(c1ccc(C)cc1)N(C(=O)C(CS)NC(=O)OC(C)(C)C)C(C)C. The van der Waals surface area contributed by atoms with Crippen molar-refractivity contribution in [3.63, 3.8) is 0 Å². The molecule has 0 aliphatic rings. The molecule has 1 aromatic rings. The number of alkyl carbamates (subject to hydrolysis) is 1. The number of unbranched alkanes of at least 4 members (excludes halogenated alkanes) is 2. The summed E-state index contributed by atoms with van der Waals surface area (Å²) in [6.45, 7) is 13.6. The molecule has 0 spiro atoms. The Labute approximate surface area is 204 Å². The van der Waals surface area contributed by atoms with Crippen LogP contribution in [0.3, 0.4) is 0 Å². The summed E-state index contributed by atoms with van der Waals surface area (Å²) in [6.07, 6.45) is 2.24. The summed E-state index contributed by atoms with van der Waals surface area (Å²) >= 11 is 4.29. The van der Waals surface area contributed by atoms with Gasteiger partial charge in [0.1, 0.15) is 17.7 Å². The molecule has 8 heteroatoms. The normalized spacial score (nSPS) is 13.2. The minimum Gasteiger partial charge on any atom is -0.444 e. The molecule has 0 fully saturated rings. The van der Waals surface area contributed by atoms with E-state index in [2.05, 4.69) is 30.2 Å². The highest BCUT2D eigenvalue weighted by atomic mass is 32.1. The van der Waals surface area contributed by atoms with Crippen LogP contribution in [-0.4, -0.2) is 52.8 Å². The van der Waals surface area contributed by atoms with Crippen LogP contribution in [0.25, 0.3) is 0 Å². The van der Waals surface area contributed by atoms with E-state index in [9.17, 15) is 14.4 Å². The predicted molar refractivity (Wildman–Crippen MR) is 135 cm³/mol. The summed E-state index contributed by atoms with van der Waals surface area (Å²) in [7, 11) is 0. The minimum absolute atomic E-state index is 0.0695. The van der Waals surface area contributed by atoms with E-state index in [-0.39, 0.29) is 23.6 Å². The molecule has 1 aromatic carbocycles. The largest absolute Gasteiger partial charge is 0.444 e. The summed E-state index contributed by atoms with van der Waals surface area (Å²) in [4.78, 5) is 40.8. The van der Waals surface area contributed by atoms with Gasteiger partial charge in [0.05, 0.1) is 0 Å². The molecule has 2 unspecified atom stereocenters. The topological polar surface area (TPSA) is 87.7 Å². The van der Waals surface area contributed by atoms with E-state index in [4.69, 9.17) is 4.74 Å². The summed E-state index contributed by atoms with van der Waals surface area (Å²) in [5, 5.41) is 5.60. The zero-order valence-electron chi connectivity index (χ0n) is 21.1. The molecule has 33 heavy (non-hydrogen) atoms. The first-order chi connectivity index (χ1) is 15.4. The van der Waals surface area contributed by atoms with Crippen LogP contribution in [0.1, 0.15) is 78.0 Å². The summed E-state index contributed by atoms with van der Waals surface area (Å²) < 4.78 is 5.31. The van der Waals surface area contributed by atoms with Crippen molar-refractivity contribution in [3.8, 4) is 0 Å². The van der Waals surface area contributed by atoms with E-state index >= 15 is 0 Å². The highest BCUT2D eigenvalue weighted by Crippen LogP contribution is 2.25. The predicted octanol–water partition coefficient (Wildman–Crippen LogP) is 4.40. The summed E-state index contributed by atoms with van der Waals surface area (Å²) in [5.74, 6) is -0.563. The van der Waals surface area contributed by atoms with Gasteiger partial charge in [-0.3, -0.25) is 9.59 Å². The van der Waals surface area contributed by atoms with Gasteiger partial charge in [-0.1, -0.05) is 49.6 Å². The third kappa shape index (κ3) is 9.66. The quantitative estimate of drug-likeness (QED) is 0.324. The number of hydrogen-bond acceptors (Lipinski definition) is 5. The van der Waals surface area contributed by atoms with E-state index in [0.717, 1.165) is 24.8 Å². The van der Waals surface area contributed by atoms with Crippen molar-refractivity contribution in [2.75, 3.05) is 12.3 Å². The van der Waals surface area contributed by atoms with Crippen molar-refractivity contribution in [2.24, 2.45) is 0 Å². The maximum Gasteiger partial charge on any atom is 0.408 e. The van der Waals surface area contributed by atoms with E-state index in [0.29, 0.717) is 12.1 Å². The highest BCUT2D eigenvalue weighted by Gasteiger charge is 2.37. The Kier molecular flexibility index (Phi) is 11.8. The van der Waals surface area contributed by atoms with Crippen molar-refractivity contribution in [2.45, 2.75) is 91.5 Å². The molecular weight excluding hydrogens is 438 g/mol. The van der Waals surface area contributed by atoms with E-state index in [1.54, 1.807) is 20.8 Å². The highest BCUT2D eigenvalue weighted by molar-refractivity contribution is 7.80. The molecule has 2 atom stereocenters. The fourth-order valence-electron chi connectivity index (χ4n) is 3.37. The van der Waals surface area contributed by atoms with Gasteiger partial charge in [0.25, 0.3) is 0 Å². The van der Waals surface area contributed by atoms with Crippen molar-refractivity contribution in [1.82, 2.24) is 15.5 Å². The monoisotopic (exact) mass is 479 g/mol. The molecule has 0 saturated heterocycles. The van der Waals surface area contributed by atoms with Crippen LogP contribution in [0.5, 0.6) is 0 Å². The maximum absolute atomic E-state index is 13.6. The molecule has 0 heterocycles. The maximum atomic E-state index is 13.6. The lowest BCUT2D eigenvalue weighted by Crippen LogP contribution is -2.55. The Hall–Kier alpha value is -2.22. The second-order valence-corrected chi connectivity index (χ2v) is 9.90. The molecule has 186 valence electrons. The van der Waals surface area contributed by atoms with Gasteiger partial charge in [0.2, 0.25) is 11.8 Å². The molecule has 3 amide bonds. The number of carbonyl (C=O) groups excluding carboxylic acids is 3. The molecule has 0 bridgehead atoms. The van der Waals surface area contributed by atoms with Crippen LogP contribution in [-0.2, 0) is 14.3 Å². The van der Waals surface area contributed by atoms with Crippen LogP contribution in [0, 0.1) is 6.92 Å². The Bertz CT molecular complexity index is 775. The van der Waals surface area contributed by atoms with Crippen LogP contribution in [0.4, 0.5) is 4.79 Å². The first-order valence-electron chi connectivity index (χ1n) is 11.7. The average molecular weight is 480 g/mol. The number of carbonyl (C=O) groups is 3. The number of nitrogens with one attached hydrogen (secondary N) is 2. The number of nitrogens with zero attached hydrogens (tertiary/aromatic N) is 1. The number of hydrogen-bond donors (Lipinski definition) is 3. The average Bonchev–Trinajstić information content (AvgIpc) is 2.72. The summed E-state index contributed by atoms with van der Waals surface area (Å²) in [6, 6.07) is 5.51. The van der Waals surface area contributed by atoms with Gasteiger partial charge in [0, 0.05) is 18.3 Å². The van der Waals surface area contributed by atoms with Gasteiger partial charge in [-0.2, -0.15) is 12.6 Å². The van der Waals surface area contributed by atoms with Crippen molar-refractivity contribution in [3.05, 3.63) is 35.4 Å². The van der Waals surface area contributed by atoms with Gasteiger partial charge < -0.3 is 20.3 Å². The smallest absolute Gasteiger partial charge is 0.408 e. The Morgan fingerprint density at radius 1 is 1.09 bits per heavy atom. The van der Waals surface area contributed by atoms with Gasteiger partial charge in [-0.25, -0.2) is 4.79 Å². The zero-order chi connectivity index (χ0) is 25.2. The molecule has 2 N–H and O–H groups in total. The molecule has 0 radical (unpaired) electrons. The van der Waals surface area contributed by atoms with Crippen LogP contribution in [0.15, 0.2) is 24.3 Å². The summed E-state index contributed by atoms with van der Waals surface area (Å²) in [5.41, 5.74) is 1.07. The molecule has 7 nitrogen and oxygen atoms in total. The Balaban J connectivity index is 3.24. The van der Waals surface area contributed by atoms with Crippen molar-refractivity contribution in [1.29, 1.82) is 0 Å². The van der Waals surface area contributed by atoms with Crippen LogP contribution < -0.4 is 10.6 Å². The Morgan fingerprint density at radius 3 is 2.18 bits per heavy atom. The number of benzene rings is 1. The molecule has 0 aromatic heterocycles. The lowest BCUT2D eigenvalue weighted by Gasteiger charge is -2.37. The molecule has 0 aliphatic carbocycles. The lowest BCUT2D eigenvalue weighted by molar-refractivity contribution is -0.144. The van der Waals surface area contributed by atoms with E-state index in [1.807, 2.05) is 45.0 Å². The molecule has 0 saturated carbocycles. The number of amides is 3. The van der Waals surface area contributed by atoms with Gasteiger partial charge in [-0.05, 0) is 53.5 Å². The standard InChI is InChI=1S/C25H41N3O4S/c1-8-9-10-15-26-22(29)21(19-13-11-18(4)12-14-19)28(17(2)3)23(30)20(16-33)27-24(31)32-25(5,6)7/h11-14,17,20-21,33H,8-10,15-16H2,1-7H3,(H,26,29)(H,27,31). The molecule has 0 aliphatic heterocycles. The van der Waals surface area contributed by atoms with Crippen molar-refractivity contribution >= 4 is 30.5 Å². The zero-order valence-corrected chi connectivity index (χ0v) is 22.0. The van der Waals surface area contributed by atoms with Gasteiger partial charge >= 0.3 is 6.09 Å². The van der Waals surface area contributed by atoms with E-state index in [1.165, 1.54) is 4.90 Å². The fraction of sp³-hybridized carbons (Fsp3) is 0.640. The van der Waals surface area contributed by atoms with Crippen molar-refractivity contribution < 1.29 is 19.1 Å². The second kappa shape index (κ2) is 13.5. The number of aryl methyl sites for hydroxylation is 1. The Morgan fingerprint density at radius 2 is 1.70 bits per heavy atom. The second-order valence-electron chi connectivity index (χ2n) is 9.53. The first kappa shape index (κ1) is 28.8. The van der Waals surface area contributed by atoms with Crippen LogP contribution in [0.2, 0.25) is 0 Å².